The maximum Gasteiger partial charge on any atom is 0.251 e. The fourth-order valence-electron chi connectivity index (χ4n) is 1.87. The van der Waals surface area contributed by atoms with Gasteiger partial charge in [-0.15, -0.1) is 0 Å². The Morgan fingerprint density at radius 3 is 2.32 bits per heavy atom. The number of aromatic nitrogens is 2. The average molecular weight is 256 g/mol. The van der Waals surface area contributed by atoms with E-state index in [0.29, 0.717) is 5.82 Å². The van der Waals surface area contributed by atoms with Crippen LogP contribution in [0.3, 0.4) is 0 Å². The summed E-state index contributed by atoms with van der Waals surface area (Å²) in [6.45, 7) is 10.3. The molecule has 0 saturated carbocycles. The van der Waals surface area contributed by atoms with Gasteiger partial charge in [0.2, 0.25) is 0 Å². The molecule has 1 aromatic carbocycles. The second-order valence-electron chi connectivity index (χ2n) is 6.03. The van der Waals surface area contributed by atoms with Gasteiger partial charge in [0.1, 0.15) is 5.82 Å². The quantitative estimate of drug-likeness (QED) is 0.850. The first-order valence-electron chi connectivity index (χ1n) is 6.47. The Balaban J connectivity index is 2.59. The summed E-state index contributed by atoms with van der Waals surface area (Å²) in [4.78, 5) is 19.2. The molecule has 0 aliphatic rings. The Morgan fingerprint density at radius 1 is 1.05 bits per heavy atom. The molecule has 2 rings (SSSR count). The average Bonchev–Trinajstić information content (AvgIpc) is 2.31. The van der Waals surface area contributed by atoms with Crippen LogP contribution in [0.25, 0.3) is 11.4 Å². The van der Waals surface area contributed by atoms with Crippen LogP contribution in [0.4, 0.5) is 0 Å². The van der Waals surface area contributed by atoms with Crippen LogP contribution in [0, 0.1) is 13.8 Å². The van der Waals surface area contributed by atoms with Gasteiger partial charge in [0, 0.05) is 17.0 Å². The zero-order valence-corrected chi connectivity index (χ0v) is 12.2. The number of aryl methyl sites for hydroxylation is 2. The molecule has 2 aromatic rings. The van der Waals surface area contributed by atoms with E-state index in [1.165, 1.54) is 11.1 Å². The summed E-state index contributed by atoms with van der Waals surface area (Å²) in [5.41, 5.74) is 3.95. The van der Waals surface area contributed by atoms with Crippen LogP contribution in [-0.4, -0.2) is 9.97 Å². The van der Waals surface area contributed by atoms with Gasteiger partial charge in [-0.2, -0.15) is 0 Å². The number of hydrogen-bond acceptors (Lipinski definition) is 2. The van der Waals surface area contributed by atoms with E-state index in [1.54, 1.807) is 6.07 Å². The first kappa shape index (κ1) is 13.5. The molecule has 0 aliphatic carbocycles. The van der Waals surface area contributed by atoms with Crippen LogP contribution in [0.15, 0.2) is 29.1 Å². The van der Waals surface area contributed by atoms with Gasteiger partial charge in [-0.25, -0.2) is 4.98 Å². The first-order valence-corrected chi connectivity index (χ1v) is 6.47. The van der Waals surface area contributed by atoms with E-state index in [0.717, 1.165) is 11.3 Å². The number of aromatic amines is 1. The maximum absolute atomic E-state index is 11.8. The third-order valence-electron chi connectivity index (χ3n) is 3.29. The molecule has 1 aromatic heterocycles. The number of H-pyrrole nitrogens is 1. The smallest absolute Gasteiger partial charge is 0.251 e. The summed E-state index contributed by atoms with van der Waals surface area (Å²) >= 11 is 0. The van der Waals surface area contributed by atoms with Crippen LogP contribution in [0.1, 0.15) is 37.6 Å². The predicted molar refractivity (Wildman–Crippen MR) is 78.5 cm³/mol. The van der Waals surface area contributed by atoms with E-state index in [9.17, 15) is 4.79 Å². The minimum Gasteiger partial charge on any atom is -0.307 e. The summed E-state index contributed by atoms with van der Waals surface area (Å²) in [7, 11) is 0. The number of benzene rings is 1. The van der Waals surface area contributed by atoms with E-state index in [-0.39, 0.29) is 11.0 Å². The van der Waals surface area contributed by atoms with Crippen molar-refractivity contribution in [3.63, 3.8) is 0 Å². The van der Waals surface area contributed by atoms with Gasteiger partial charge in [-0.3, -0.25) is 4.79 Å². The molecule has 3 heteroatoms. The summed E-state index contributed by atoms with van der Waals surface area (Å²) in [5, 5.41) is 0. The normalized spacial score (nSPS) is 11.6. The Morgan fingerprint density at radius 2 is 1.74 bits per heavy atom. The van der Waals surface area contributed by atoms with E-state index in [4.69, 9.17) is 0 Å². The maximum atomic E-state index is 11.8. The van der Waals surface area contributed by atoms with Crippen molar-refractivity contribution in [1.29, 1.82) is 0 Å². The Kier molecular flexibility index (Phi) is 3.31. The third-order valence-corrected chi connectivity index (χ3v) is 3.29. The van der Waals surface area contributed by atoms with E-state index in [1.807, 2.05) is 6.07 Å². The molecular weight excluding hydrogens is 236 g/mol. The van der Waals surface area contributed by atoms with Crippen molar-refractivity contribution in [2.45, 2.75) is 40.0 Å². The molecule has 19 heavy (non-hydrogen) atoms. The number of nitrogens with zero attached hydrogens (tertiary/aromatic N) is 1. The highest BCUT2D eigenvalue weighted by Crippen LogP contribution is 2.22. The molecule has 100 valence electrons. The molecule has 0 amide bonds. The molecule has 0 saturated heterocycles. The summed E-state index contributed by atoms with van der Waals surface area (Å²) in [5.74, 6) is 0.639. The highest BCUT2D eigenvalue weighted by molar-refractivity contribution is 5.57. The standard InChI is InChI=1S/C16H20N2O/c1-10-6-7-12(8-11(10)2)15-17-13(16(3,4)5)9-14(19)18-15/h6-9H,1-5H3,(H,17,18,19). The van der Waals surface area contributed by atoms with Gasteiger partial charge >= 0.3 is 0 Å². The highest BCUT2D eigenvalue weighted by atomic mass is 16.1. The summed E-state index contributed by atoms with van der Waals surface area (Å²) < 4.78 is 0. The zero-order chi connectivity index (χ0) is 14.2. The summed E-state index contributed by atoms with van der Waals surface area (Å²) in [6.07, 6.45) is 0. The van der Waals surface area contributed by atoms with Crippen molar-refractivity contribution in [3.8, 4) is 11.4 Å². The molecule has 0 radical (unpaired) electrons. The van der Waals surface area contributed by atoms with Crippen LogP contribution in [0.2, 0.25) is 0 Å². The first-order chi connectivity index (χ1) is 8.77. The third kappa shape index (κ3) is 2.92. The molecule has 0 atom stereocenters. The zero-order valence-electron chi connectivity index (χ0n) is 12.2. The predicted octanol–water partition coefficient (Wildman–Crippen LogP) is 3.35. The lowest BCUT2D eigenvalue weighted by Crippen LogP contribution is -2.19. The lowest BCUT2D eigenvalue weighted by atomic mass is 9.92. The SMILES string of the molecule is Cc1ccc(-c2nc(C(C)(C)C)cc(=O)[nH]2)cc1C. The molecule has 1 N–H and O–H groups in total. The molecule has 0 fully saturated rings. The second kappa shape index (κ2) is 4.65. The van der Waals surface area contributed by atoms with Crippen molar-refractivity contribution >= 4 is 0 Å². The molecule has 0 bridgehead atoms. The minimum absolute atomic E-state index is 0.104. The van der Waals surface area contributed by atoms with Crippen LogP contribution in [0.5, 0.6) is 0 Å². The van der Waals surface area contributed by atoms with Crippen molar-refractivity contribution in [2.24, 2.45) is 0 Å². The lowest BCUT2D eigenvalue weighted by Gasteiger charge is -2.18. The van der Waals surface area contributed by atoms with Crippen LogP contribution >= 0.6 is 0 Å². The minimum atomic E-state index is -0.136. The molecule has 0 spiro atoms. The molecule has 0 aliphatic heterocycles. The van der Waals surface area contributed by atoms with Crippen molar-refractivity contribution in [1.82, 2.24) is 9.97 Å². The largest absolute Gasteiger partial charge is 0.307 e. The number of rotatable bonds is 1. The van der Waals surface area contributed by atoms with Crippen LogP contribution < -0.4 is 5.56 Å². The van der Waals surface area contributed by atoms with Gasteiger partial charge in [0.15, 0.2) is 0 Å². The Bertz CT molecular complexity index is 663. The van der Waals surface area contributed by atoms with E-state index < -0.39 is 0 Å². The number of nitrogens with one attached hydrogen (secondary N) is 1. The Hall–Kier alpha value is -1.90. The van der Waals surface area contributed by atoms with Gasteiger partial charge in [0.25, 0.3) is 5.56 Å². The Labute approximate surface area is 113 Å². The molecule has 0 unspecified atom stereocenters. The summed E-state index contributed by atoms with van der Waals surface area (Å²) in [6, 6.07) is 7.67. The fraction of sp³-hybridized carbons (Fsp3) is 0.375. The van der Waals surface area contributed by atoms with Crippen LogP contribution in [-0.2, 0) is 5.41 Å². The second-order valence-corrected chi connectivity index (χ2v) is 6.03. The van der Waals surface area contributed by atoms with Crippen molar-refractivity contribution < 1.29 is 0 Å². The van der Waals surface area contributed by atoms with Gasteiger partial charge in [0.05, 0.1) is 5.69 Å². The van der Waals surface area contributed by atoms with Crippen molar-refractivity contribution in [2.75, 3.05) is 0 Å². The van der Waals surface area contributed by atoms with Gasteiger partial charge in [-0.1, -0.05) is 32.9 Å². The lowest BCUT2D eigenvalue weighted by molar-refractivity contribution is 0.566. The molecule has 1 heterocycles. The van der Waals surface area contributed by atoms with E-state index in [2.05, 4.69) is 56.7 Å². The van der Waals surface area contributed by atoms with Gasteiger partial charge in [-0.05, 0) is 31.0 Å². The molecule has 3 nitrogen and oxygen atoms in total. The van der Waals surface area contributed by atoms with Gasteiger partial charge < -0.3 is 4.98 Å². The highest BCUT2D eigenvalue weighted by Gasteiger charge is 2.17. The topological polar surface area (TPSA) is 45.8 Å². The molecular formula is C16H20N2O. The van der Waals surface area contributed by atoms with Crippen molar-refractivity contribution in [3.05, 3.63) is 51.4 Å². The van der Waals surface area contributed by atoms with E-state index >= 15 is 0 Å². The monoisotopic (exact) mass is 256 g/mol. The fourth-order valence-corrected chi connectivity index (χ4v) is 1.87. The number of hydrogen-bond donors (Lipinski definition) is 1.